The molecule has 16 heavy (non-hydrogen) atoms. The van der Waals surface area contributed by atoms with Gasteiger partial charge < -0.3 is 0 Å². The maximum absolute atomic E-state index is 8.17. The topological polar surface area (TPSA) is 0 Å². The van der Waals surface area contributed by atoms with E-state index in [0.29, 0.717) is 21.5 Å². The first-order chi connectivity index (χ1) is 9.61. The molecule has 0 fully saturated rings. The van der Waals surface area contributed by atoms with E-state index in [9.17, 15) is 0 Å². The van der Waals surface area contributed by atoms with E-state index in [-0.39, 0.29) is 24.2 Å². The van der Waals surface area contributed by atoms with Crippen LogP contribution >= 0.6 is 0 Å². The molecule has 0 aromatic heterocycles. The molecule has 0 aliphatic heterocycles. The minimum absolute atomic E-state index is 0.188. The van der Waals surface area contributed by atoms with E-state index in [1.165, 1.54) is 0 Å². The Hall–Kier alpha value is -2.08. The minimum Gasteiger partial charge on any atom is -0.0610 e. The highest BCUT2D eigenvalue weighted by molar-refractivity contribution is 6.22. The first-order valence-electron chi connectivity index (χ1n) is 7.24. The van der Waals surface area contributed by atoms with E-state index < -0.39 is 0 Å². The summed E-state index contributed by atoms with van der Waals surface area (Å²) in [6.07, 6.45) is 0. The highest BCUT2D eigenvalue weighted by Gasteiger charge is 2.05. The van der Waals surface area contributed by atoms with Gasteiger partial charge in [-0.3, -0.25) is 0 Å². The third-order valence-corrected chi connectivity index (χ3v) is 3.04. The van der Waals surface area contributed by atoms with Gasteiger partial charge in [-0.1, -0.05) is 60.6 Å². The second-order valence-electron chi connectivity index (χ2n) is 3.96. The molecule has 0 bridgehead atoms. The number of benzene rings is 4. The lowest BCUT2D eigenvalue weighted by molar-refractivity contribution is 1.78. The van der Waals surface area contributed by atoms with Crippen LogP contribution in [0.1, 0.15) is 5.48 Å². The molecule has 4 aromatic rings. The van der Waals surface area contributed by atoms with E-state index in [2.05, 4.69) is 0 Å². The van der Waals surface area contributed by atoms with Gasteiger partial charge in [0.2, 0.25) is 0 Å². The molecule has 4 aromatic carbocycles. The molecular formula is C16H10. The molecule has 0 saturated carbocycles. The van der Waals surface area contributed by atoms with E-state index in [1.54, 1.807) is 12.1 Å². The van der Waals surface area contributed by atoms with Gasteiger partial charge in [-0.25, -0.2) is 0 Å². The number of hydrogen-bond acceptors (Lipinski definition) is 0. The Kier molecular flexibility index (Phi) is 0.907. The average Bonchev–Trinajstić information content (AvgIpc) is 2.48. The van der Waals surface area contributed by atoms with Crippen LogP contribution < -0.4 is 0 Å². The lowest BCUT2D eigenvalue weighted by Gasteiger charge is -2.09. The Morgan fingerprint density at radius 3 is 1.19 bits per heavy atom. The van der Waals surface area contributed by atoms with Gasteiger partial charge in [0.15, 0.2) is 0 Å². The molecule has 0 aliphatic rings. The van der Waals surface area contributed by atoms with Crippen LogP contribution in [0.15, 0.2) is 60.6 Å². The minimum atomic E-state index is 0.188. The Bertz CT molecular complexity index is 835. The maximum atomic E-state index is 8.17. The molecule has 0 aliphatic carbocycles. The Balaban J connectivity index is 2.54. The second-order valence-corrected chi connectivity index (χ2v) is 3.96. The summed E-state index contributed by atoms with van der Waals surface area (Å²) in [7, 11) is 0. The van der Waals surface area contributed by atoms with Crippen molar-refractivity contribution in [1.29, 1.82) is 0 Å². The molecule has 4 rings (SSSR count). The van der Waals surface area contributed by atoms with Crippen LogP contribution in [0, 0.1) is 0 Å². The predicted octanol–water partition coefficient (Wildman–Crippen LogP) is 4.58. The van der Waals surface area contributed by atoms with Crippen molar-refractivity contribution in [2.45, 2.75) is 0 Å². The van der Waals surface area contributed by atoms with E-state index in [4.69, 9.17) is 5.48 Å². The summed E-state index contributed by atoms with van der Waals surface area (Å²) in [5.41, 5.74) is 0. The zero-order chi connectivity index (χ0) is 14.0. The highest BCUT2D eigenvalue weighted by atomic mass is 14.1. The molecule has 0 N–H and O–H groups in total. The highest BCUT2D eigenvalue weighted by Crippen LogP contribution is 2.33. The smallest absolute Gasteiger partial charge is 0.0610 e. The van der Waals surface area contributed by atoms with E-state index >= 15 is 0 Å². The largest absolute Gasteiger partial charge is 0.0629 e. The fourth-order valence-corrected chi connectivity index (χ4v) is 2.33. The summed E-state index contributed by atoms with van der Waals surface area (Å²) >= 11 is 0. The molecule has 0 radical (unpaired) electrons. The molecule has 74 valence electrons. The van der Waals surface area contributed by atoms with E-state index in [1.807, 2.05) is 24.3 Å². The van der Waals surface area contributed by atoms with Crippen LogP contribution in [-0.4, -0.2) is 0 Å². The zero-order valence-electron chi connectivity index (χ0n) is 12.5. The van der Waals surface area contributed by atoms with Crippen molar-refractivity contribution in [2.24, 2.45) is 0 Å². The van der Waals surface area contributed by atoms with Crippen LogP contribution in [0.4, 0.5) is 0 Å². The maximum Gasteiger partial charge on any atom is 0.0629 e. The fourth-order valence-electron chi connectivity index (χ4n) is 2.33. The van der Waals surface area contributed by atoms with Crippen LogP contribution in [0.25, 0.3) is 32.3 Å². The van der Waals surface area contributed by atoms with Crippen molar-refractivity contribution in [2.75, 3.05) is 0 Å². The van der Waals surface area contributed by atoms with Gasteiger partial charge in [-0.15, -0.1) is 0 Å². The summed E-state index contributed by atoms with van der Waals surface area (Å²) in [6.45, 7) is 0. The molecule has 0 heterocycles. The molecule has 0 unspecified atom stereocenters. The average molecular weight is 206 g/mol. The molecule has 0 spiro atoms. The number of hydrogen-bond donors (Lipinski definition) is 0. The van der Waals surface area contributed by atoms with Crippen molar-refractivity contribution >= 4 is 32.3 Å². The summed E-state index contributed by atoms with van der Waals surface area (Å²) < 4.78 is 32.7. The fraction of sp³-hybridized carbons (Fsp3) is 0. The third-order valence-electron chi connectivity index (χ3n) is 3.04. The Morgan fingerprint density at radius 2 is 0.875 bits per heavy atom. The summed E-state index contributed by atoms with van der Waals surface area (Å²) in [6, 6.07) is 11.6. The van der Waals surface area contributed by atoms with Crippen molar-refractivity contribution in [3.8, 4) is 0 Å². The van der Waals surface area contributed by atoms with Crippen LogP contribution in [0.5, 0.6) is 0 Å². The molecule has 0 saturated heterocycles. The quantitative estimate of drug-likeness (QED) is 0.369. The van der Waals surface area contributed by atoms with Crippen LogP contribution in [0.2, 0.25) is 0 Å². The van der Waals surface area contributed by atoms with Gasteiger partial charge >= 0.3 is 0 Å². The summed E-state index contributed by atoms with van der Waals surface area (Å²) in [4.78, 5) is 0. The Labute approximate surface area is 99.1 Å². The molecule has 0 nitrogen and oxygen atoms in total. The SMILES string of the molecule is [2H]c1c([2H])c2cccc3c([2H])c([2H])c4cccc1c4c23. The first-order valence-corrected chi connectivity index (χ1v) is 5.24. The van der Waals surface area contributed by atoms with Crippen molar-refractivity contribution in [3.63, 3.8) is 0 Å². The second kappa shape index (κ2) is 2.73. The van der Waals surface area contributed by atoms with Crippen molar-refractivity contribution in [3.05, 3.63) is 60.6 Å². The molecular weight excluding hydrogens is 192 g/mol. The first kappa shape index (κ1) is 5.31. The predicted molar refractivity (Wildman–Crippen MR) is 70.1 cm³/mol. The molecule has 0 atom stereocenters. The van der Waals surface area contributed by atoms with Crippen LogP contribution in [-0.2, 0) is 0 Å². The molecule has 0 amide bonds. The summed E-state index contributed by atoms with van der Waals surface area (Å²) in [5.74, 6) is 0. The van der Waals surface area contributed by atoms with Gasteiger partial charge in [0.25, 0.3) is 0 Å². The van der Waals surface area contributed by atoms with Gasteiger partial charge in [0.1, 0.15) is 0 Å². The third kappa shape index (κ3) is 0.892. The standard InChI is InChI=1S/C16H10/c1-3-11-7-9-13-5-2-6-14-10-8-12(4-1)15(11)16(13)14/h1-10H/i7D,8D,9D,10D. The number of rotatable bonds is 0. The molecule has 0 heteroatoms. The lowest BCUT2D eigenvalue weighted by Crippen LogP contribution is -1.82. The van der Waals surface area contributed by atoms with Gasteiger partial charge in [-0.05, 0) is 32.3 Å². The monoisotopic (exact) mass is 206 g/mol. The van der Waals surface area contributed by atoms with Crippen molar-refractivity contribution < 1.29 is 5.48 Å². The summed E-state index contributed by atoms with van der Waals surface area (Å²) in [5, 5.41) is 4.41. The van der Waals surface area contributed by atoms with Crippen LogP contribution in [0.3, 0.4) is 0 Å². The lowest BCUT2D eigenvalue weighted by atomic mass is 9.95. The van der Waals surface area contributed by atoms with Crippen molar-refractivity contribution in [1.82, 2.24) is 0 Å². The van der Waals surface area contributed by atoms with Gasteiger partial charge in [0.05, 0.1) is 5.48 Å². The van der Waals surface area contributed by atoms with E-state index in [0.717, 1.165) is 10.8 Å². The normalized spacial score (nSPS) is 15.2. The van der Waals surface area contributed by atoms with Gasteiger partial charge in [-0.2, -0.15) is 0 Å². The van der Waals surface area contributed by atoms with Gasteiger partial charge in [0, 0.05) is 0 Å². The Morgan fingerprint density at radius 1 is 0.562 bits per heavy atom. The zero-order valence-corrected chi connectivity index (χ0v) is 8.46.